The molecule has 1 saturated carbocycles. The van der Waals surface area contributed by atoms with Crippen LogP contribution in [0.2, 0.25) is 5.02 Å². The first-order valence-electron chi connectivity index (χ1n) is 14.1. The zero-order chi connectivity index (χ0) is 30.8. The lowest BCUT2D eigenvalue weighted by Gasteiger charge is -2.23. The van der Waals surface area contributed by atoms with Gasteiger partial charge in [0.05, 0.1) is 46.2 Å². The van der Waals surface area contributed by atoms with Crippen molar-refractivity contribution < 1.29 is 21.9 Å². The van der Waals surface area contributed by atoms with Gasteiger partial charge in [-0.2, -0.15) is 5.10 Å². The van der Waals surface area contributed by atoms with Gasteiger partial charge in [0.1, 0.15) is 12.3 Å². The van der Waals surface area contributed by atoms with Crippen molar-refractivity contribution in [1.82, 2.24) is 9.78 Å². The molecule has 1 aromatic heterocycles. The number of benzene rings is 4. The normalized spacial score (nSPS) is 13.3. The predicted molar refractivity (Wildman–Crippen MR) is 170 cm³/mol. The summed E-state index contributed by atoms with van der Waals surface area (Å²) in [5, 5.41) is 4.36. The van der Waals surface area contributed by atoms with Gasteiger partial charge >= 0.3 is 0 Å². The van der Waals surface area contributed by atoms with Gasteiger partial charge in [0.25, 0.3) is 6.43 Å². The summed E-state index contributed by atoms with van der Waals surface area (Å²) in [6, 6.07) is 29.3. The van der Waals surface area contributed by atoms with Gasteiger partial charge in [-0.1, -0.05) is 84.4 Å². The van der Waals surface area contributed by atoms with E-state index in [1.807, 2.05) is 60.7 Å². The van der Waals surface area contributed by atoms with Crippen LogP contribution in [-0.2, 0) is 23.1 Å². The molecule has 0 radical (unpaired) electrons. The summed E-state index contributed by atoms with van der Waals surface area (Å²) in [7, 11) is -2.35. The molecule has 11 heteroatoms. The number of hydrogen-bond donors (Lipinski definition) is 0. The van der Waals surface area contributed by atoms with Crippen LogP contribution in [-0.4, -0.2) is 42.7 Å². The highest BCUT2D eigenvalue weighted by molar-refractivity contribution is 7.93. The van der Waals surface area contributed by atoms with Gasteiger partial charge in [0.15, 0.2) is 5.82 Å². The predicted octanol–water partition coefficient (Wildman–Crippen LogP) is 7.63. The molecule has 44 heavy (non-hydrogen) atoms. The highest BCUT2D eigenvalue weighted by atomic mass is 35.5. The molecule has 0 amide bonds. The quantitative estimate of drug-likeness (QED) is 0.140. The summed E-state index contributed by atoms with van der Waals surface area (Å²) in [6.07, 6.45) is -1.74. The molecule has 7 nitrogen and oxygen atoms in total. The molecule has 1 aliphatic rings. The number of aliphatic imine (C=N–C) groups is 1. The number of aromatic nitrogens is 2. The third kappa shape index (κ3) is 6.05. The molecule has 226 valence electrons. The Hall–Kier alpha value is -4.28. The largest absolute Gasteiger partial charge is 0.497 e. The fourth-order valence-corrected chi connectivity index (χ4v) is 7.13. The second kappa shape index (κ2) is 12.4. The van der Waals surface area contributed by atoms with Crippen LogP contribution in [0.1, 0.15) is 29.5 Å². The van der Waals surface area contributed by atoms with Gasteiger partial charge in [-0.15, -0.1) is 0 Å². The maximum absolute atomic E-state index is 14.0. The van der Waals surface area contributed by atoms with Crippen molar-refractivity contribution in [3.63, 3.8) is 0 Å². The standard InChI is InChI=1S/C33H29ClF2N4O3S/c1-43-25-14-12-22(13-15-25)20-40(44(41,42)26-16-17-26)33-30-27(34)18-19-28(32(30)39(38-33)21-29(35)36)37-31(23-8-4-2-5-9-23)24-10-6-3-7-11-24/h2-15,18-19,26,29H,16-17,20-21H2,1H3. The molecular weight excluding hydrogens is 606 g/mol. The fraction of sp³-hybridized carbons (Fsp3) is 0.212. The number of nitrogens with zero attached hydrogens (tertiary/aromatic N) is 4. The number of rotatable bonds is 11. The molecule has 0 aliphatic heterocycles. The van der Waals surface area contributed by atoms with E-state index in [1.165, 1.54) is 4.31 Å². The first-order chi connectivity index (χ1) is 21.3. The number of alkyl halides is 2. The molecule has 0 spiro atoms. The zero-order valence-electron chi connectivity index (χ0n) is 23.8. The van der Waals surface area contributed by atoms with Crippen LogP contribution in [0.15, 0.2) is 102 Å². The first kappa shape index (κ1) is 29.8. The van der Waals surface area contributed by atoms with Crippen LogP contribution in [0, 0.1) is 0 Å². The first-order valence-corrected chi connectivity index (χ1v) is 16.0. The van der Waals surface area contributed by atoms with Crippen LogP contribution in [0.3, 0.4) is 0 Å². The molecule has 4 aromatic carbocycles. The third-order valence-corrected chi connectivity index (χ3v) is 9.96. The highest BCUT2D eigenvalue weighted by Crippen LogP contribution is 2.42. The van der Waals surface area contributed by atoms with Crippen molar-refractivity contribution in [2.24, 2.45) is 4.99 Å². The molecule has 1 heterocycles. The molecule has 6 rings (SSSR count). The minimum atomic E-state index is -3.90. The molecular formula is C33H29ClF2N4O3S. The van der Waals surface area contributed by atoms with Gasteiger partial charge in [0, 0.05) is 11.1 Å². The van der Waals surface area contributed by atoms with Crippen molar-refractivity contribution in [2.45, 2.75) is 37.6 Å². The van der Waals surface area contributed by atoms with E-state index >= 15 is 0 Å². The van der Waals surface area contributed by atoms with Crippen LogP contribution in [0.5, 0.6) is 5.75 Å². The van der Waals surface area contributed by atoms with Crippen molar-refractivity contribution in [1.29, 1.82) is 0 Å². The Morgan fingerprint density at radius 3 is 2.14 bits per heavy atom. The van der Waals surface area contributed by atoms with Gasteiger partial charge in [0.2, 0.25) is 10.0 Å². The second-order valence-corrected chi connectivity index (χ2v) is 13.0. The molecule has 0 N–H and O–H groups in total. The number of anilines is 1. The number of halogens is 3. The van der Waals surface area contributed by atoms with Gasteiger partial charge in [-0.3, -0.25) is 4.68 Å². The van der Waals surface area contributed by atoms with E-state index in [9.17, 15) is 17.2 Å². The number of sulfonamides is 1. The summed E-state index contributed by atoms with van der Waals surface area (Å²) in [6.45, 7) is -0.835. The maximum Gasteiger partial charge on any atom is 0.257 e. The number of methoxy groups -OCH3 is 1. The number of fused-ring (bicyclic) bond motifs is 1. The Labute approximate surface area is 259 Å². The SMILES string of the molecule is COc1ccc(CN(c2nn(CC(F)F)c3c(N=C(c4ccccc4)c4ccccc4)ccc(Cl)c23)S(=O)(=O)C2CC2)cc1. The van der Waals surface area contributed by atoms with E-state index in [0.29, 0.717) is 35.6 Å². The summed E-state index contributed by atoms with van der Waals surface area (Å²) in [4.78, 5) is 4.99. The van der Waals surface area contributed by atoms with Crippen molar-refractivity contribution in [2.75, 3.05) is 11.4 Å². The summed E-state index contributed by atoms with van der Waals surface area (Å²) in [5.74, 6) is 0.613. The van der Waals surface area contributed by atoms with Crippen LogP contribution in [0.4, 0.5) is 20.3 Å². The molecule has 5 aromatic rings. The smallest absolute Gasteiger partial charge is 0.257 e. The van der Waals surface area contributed by atoms with E-state index in [-0.39, 0.29) is 28.3 Å². The van der Waals surface area contributed by atoms with Crippen molar-refractivity contribution in [3.8, 4) is 5.75 Å². The minimum Gasteiger partial charge on any atom is -0.497 e. The van der Waals surface area contributed by atoms with E-state index in [1.54, 1.807) is 43.5 Å². The van der Waals surface area contributed by atoms with Gasteiger partial charge in [-0.25, -0.2) is 26.5 Å². The summed E-state index contributed by atoms with van der Waals surface area (Å²) < 4.78 is 63.3. The highest BCUT2D eigenvalue weighted by Gasteiger charge is 2.42. The minimum absolute atomic E-state index is 0.00797. The summed E-state index contributed by atoms with van der Waals surface area (Å²) in [5.41, 5.74) is 3.48. The lowest BCUT2D eigenvalue weighted by molar-refractivity contribution is 0.123. The van der Waals surface area contributed by atoms with Crippen LogP contribution in [0.25, 0.3) is 10.9 Å². The van der Waals surface area contributed by atoms with Crippen molar-refractivity contribution >= 4 is 49.7 Å². The Kier molecular flexibility index (Phi) is 8.38. The third-order valence-electron chi connectivity index (χ3n) is 7.41. The molecule has 1 aliphatic carbocycles. The molecule has 0 unspecified atom stereocenters. The van der Waals surface area contributed by atoms with Crippen LogP contribution < -0.4 is 9.04 Å². The van der Waals surface area contributed by atoms with E-state index < -0.39 is 28.2 Å². The molecule has 1 fully saturated rings. The maximum atomic E-state index is 14.0. The lowest BCUT2D eigenvalue weighted by atomic mass is 10.0. The summed E-state index contributed by atoms with van der Waals surface area (Å²) >= 11 is 6.76. The topological polar surface area (TPSA) is 76.8 Å². The van der Waals surface area contributed by atoms with Gasteiger partial charge in [-0.05, 0) is 42.7 Å². The van der Waals surface area contributed by atoms with Gasteiger partial charge < -0.3 is 4.74 Å². The molecule has 0 atom stereocenters. The Morgan fingerprint density at radius 1 is 0.977 bits per heavy atom. The zero-order valence-corrected chi connectivity index (χ0v) is 25.3. The van der Waals surface area contributed by atoms with Crippen molar-refractivity contribution in [3.05, 3.63) is 119 Å². The monoisotopic (exact) mass is 634 g/mol. The average molecular weight is 635 g/mol. The number of ether oxygens (including phenoxy) is 1. The Morgan fingerprint density at radius 2 is 1.59 bits per heavy atom. The molecule has 0 bridgehead atoms. The average Bonchev–Trinajstić information content (AvgIpc) is 3.84. The Balaban J connectivity index is 1.58. The van der Waals surface area contributed by atoms with E-state index in [2.05, 4.69) is 5.10 Å². The molecule has 0 saturated heterocycles. The van der Waals surface area contributed by atoms with E-state index in [0.717, 1.165) is 15.8 Å². The number of hydrogen-bond acceptors (Lipinski definition) is 5. The fourth-order valence-electron chi connectivity index (χ4n) is 5.11. The lowest BCUT2D eigenvalue weighted by Crippen LogP contribution is -2.34. The van der Waals surface area contributed by atoms with Crippen LogP contribution >= 0.6 is 11.6 Å². The second-order valence-electron chi connectivity index (χ2n) is 10.5. The van der Waals surface area contributed by atoms with E-state index in [4.69, 9.17) is 21.3 Å². The Bertz CT molecular complexity index is 1870.